The third kappa shape index (κ3) is 5.48. The van der Waals surface area contributed by atoms with E-state index >= 15 is 0 Å². The standard InChI is InChI=1S/C20H23ClN2O6/c21-14-3-1-12(2-4-14)11-29-15-7-13(8-15)10-23-6-5-16(24)18(20(23)28)19(27)22-9-17(25)26/h1-4,13,15,24H,5-11H2,(H,22,27)(H,25,26)/t13-,15+. The van der Waals surface area contributed by atoms with E-state index in [9.17, 15) is 19.5 Å². The van der Waals surface area contributed by atoms with Crippen LogP contribution in [-0.2, 0) is 25.7 Å². The van der Waals surface area contributed by atoms with Crippen LogP contribution in [0.15, 0.2) is 35.6 Å². The smallest absolute Gasteiger partial charge is 0.322 e. The number of aliphatic hydroxyl groups is 1. The molecule has 0 radical (unpaired) electrons. The first-order chi connectivity index (χ1) is 13.8. The Morgan fingerprint density at radius 2 is 1.93 bits per heavy atom. The van der Waals surface area contributed by atoms with Crippen molar-refractivity contribution in [2.45, 2.75) is 32.0 Å². The zero-order valence-electron chi connectivity index (χ0n) is 15.8. The van der Waals surface area contributed by atoms with Crippen LogP contribution in [0.4, 0.5) is 0 Å². The van der Waals surface area contributed by atoms with Crippen molar-refractivity contribution in [3.05, 3.63) is 46.2 Å². The average Bonchev–Trinajstić information content (AvgIpc) is 2.65. The van der Waals surface area contributed by atoms with Crippen molar-refractivity contribution in [1.29, 1.82) is 0 Å². The van der Waals surface area contributed by atoms with Gasteiger partial charge in [-0.05, 0) is 36.5 Å². The number of carbonyl (C=O) groups is 3. The highest BCUT2D eigenvalue weighted by atomic mass is 35.5. The van der Waals surface area contributed by atoms with Gasteiger partial charge in [0.15, 0.2) is 0 Å². The number of carboxylic acids is 1. The summed E-state index contributed by atoms with van der Waals surface area (Å²) in [6.45, 7) is 0.690. The number of halogens is 1. The van der Waals surface area contributed by atoms with Gasteiger partial charge < -0.3 is 25.2 Å². The van der Waals surface area contributed by atoms with Crippen molar-refractivity contribution in [2.75, 3.05) is 19.6 Å². The minimum absolute atomic E-state index is 0.123. The van der Waals surface area contributed by atoms with Crippen LogP contribution in [-0.4, -0.2) is 58.6 Å². The number of carbonyl (C=O) groups excluding carboxylic acids is 2. The van der Waals surface area contributed by atoms with Crippen molar-refractivity contribution in [3.63, 3.8) is 0 Å². The predicted octanol–water partition coefficient (Wildman–Crippen LogP) is 1.88. The lowest BCUT2D eigenvalue weighted by Gasteiger charge is -2.39. The summed E-state index contributed by atoms with van der Waals surface area (Å²) < 4.78 is 5.87. The lowest BCUT2D eigenvalue weighted by Crippen LogP contribution is -2.47. The zero-order valence-corrected chi connectivity index (χ0v) is 16.5. The van der Waals surface area contributed by atoms with Gasteiger partial charge in [0.25, 0.3) is 11.8 Å². The molecule has 0 spiro atoms. The van der Waals surface area contributed by atoms with E-state index in [2.05, 4.69) is 5.32 Å². The van der Waals surface area contributed by atoms with Crippen LogP contribution < -0.4 is 5.32 Å². The first-order valence-corrected chi connectivity index (χ1v) is 9.78. The van der Waals surface area contributed by atoms with Crippen LogP contribution in [0.2, 0.25) is 5.02 Å². The molecule has 9 heteroatoms. The molecule has 3 rings (SSSR count). The summed E-state index contributed by atoms with van der Waals surface area (Å²) in [6, 6.07) is 7.47. The molecule has 2 amide bonds. The molecule has 1 fully saturated rings. The Bertz CT molecular complexity index is 817. The molecule has 2 aliphatic rings. The Morgan fingerprint density at radius 1 is 1.24 bits per heavy atom. The van der Waals surface area contributed by atoms with Gasteiger partial charge in [-0.25, -0.2) is 0 Å². The van der Waals surface area contributed by atoms with Crippen LogP contribution in [0, 0.1) is 5.92 Å². The van der Waals surface area contributed by atoms with Gasteiger partial charge >= 0.3 is 5.97 Å². The molecular formula is C20H23ClN2O6. The van der Waals surface area contributed by atoms with Gasteiger partial charge in [-0.3, -0.25) is 14.4 Å². The van der Waals surface area contributed by atoms with E-state index in [1.807, 2.05) is 24.3 Å². The van der Waals surface area contributed by atoms with Crippen molar-refractivity contribution >= 4 is 29.4 Å². The number of rotatable bonds is 8. The van der Waals surface area contributed by atoms with E-state index in [1.54, 1.807) is 0 Å². The second-order valence-electron chi connectivity index (χ2n) is 7.30. The summed E-state index contributed by atoms with van der Waals surface area (Å²) in [5, 5.41) is 21.4. The molecule has 29 heavy (non-hydrogen) atoms. The number of aliphatic carboxylic acids is 1. The van der Waals surface area contributed by atoms with Crippen LogP contribution in [0.25, 0.3) is 0 Å². The van der Waals surface area contributed by atoms with Crippen molar-refractivity contribution < 1.29 is 29.3 Å². The van der Waals surface area contributed by atoms with Crippen LogP contribution in [0.3, 0.4) is 0 Å². The highest BCUT2D eigenvalue weighted by Gasteiger charge is 2.37. The maximum Gasteiger partial charge on any atom is 0.322 e. The van der Waals surface area contributed by atoms with E-state index in [4.69, 9.17) is 21.4 Å². The van der Waals surface area contributed by atoms with Gasteiger partial charge in [-0.15, -0.1) is 0 Å². The summed E-state index contributed by atoms with van der Waals surface area (Å²) in [6.07, 6.45) is 1.92. The highest BCUT2D eigenvalue weighted by Crippen LogP contribution is 2.32. The number of ether oxygens (including phenoxy) is 1. The van der Waals surface area contributed by atoms with Crippen molar-refractivity contribution in [2.24, 2.45) is 5.92 Å². The van der Waals surface area contributed by atoms with Crippen molar-refractivity contribution in [3.8, 4) is 0 Å². The SMILES string of the molecule is O=C(O)CNC(=O)C1=C(O)CCN(C[C@H]2C[C@@H](OCc3ccc(Cl)cc3)C2)C1=O. The average molecular weight is 423 g/mol. The van der Waals surface area contributed by atoms with E-state index in [0.29, 0.717) is 24.7 Å². The Kier molecular flexibility index (Phi) is 6.76. The molecule has 156 valence electrons. The highest BCUT2D eigenvalue weighted by molar-refractivity contribution is 6.30. The molecule has 0 atom stereocenters. The molecule has 0 unspecified atom stereocenters. The molecule has 3 N–H and O–H groups in total. The lowest BCUT2D eigenvalue weighted by molar-refractivity contribution is -0.139. The first kappa shape index (κ1) is 21.1. The monoisotopic (exact) mass is 422 g/mol. The quantitative estimate of drug-likeness (QED) is 0.551. The van der Waals surface area contributed by atoms with E-state index < -0.39 is 24.3 Å². The molecule has 1 heterocycles. The number of nitrogens with zero attached hydrogens (tertiary/aromatic N) is 1. The molecule has 0 aromatic heterocycles. The third-order valence-electron chi connectivity index (χ3n) is 5.11. The topological polar surface area (TPSA) is 116 Å². The summed E-state index contributed by atoms with van der Waals surface area (Å²) >= 11 is 5.86. The van der Waals surface area contributed by atoms with Crippen molar-refractivity contribution in [1.82, 2.24) is 10.2 Å². The second-order valence-corrected chi connectivity index (χ2v) is 7.73. The zero-order chi connectivity index (χ0) is 21.0. The van der Waals surface area contributed by atoms with Gasteiger partial charge in [0.05, 0.1) is 12.7 Å². The van der Waals surface area contributed by atoms with Gasteiger partial charge in [-0.1, -0.05) is 23.7 Å². The Labute approximate surface area is 173 Å². The molecule has 1 aliphatic heterocycles. The number of nitrogens with one attached hydrogen (secondary N) is 1. The second kappa shape index (κ2) is 9.28. The summed E-state index contributed by atoms with van der Waals surface area (Å²) in [4.78, 5) is 36.8. The van der Waals surface area contributed by atoms with Gasteiger partial charge in [0, 0.05) is 24.5 Å². The molecule has 0 bridgehead atoms. The number of benzene rings is 1. The number of amides is 2. The number of aliphatic hydroxyl groups excluding tert-OH is 1. The number of carboxylic acid groups (broad SMARTS) is 1. The summed E-state index contributed by atoms with van der Waals surface area (Å²) in [7, 11) is 0. The van der Waals surface area contributed by atoms with E-state index in [1.165, 1.54) is 4.90 Å². The molecular weight excluding hydrogens is 400 g/mol. The minimum Gasteiger partial charge on any atom is -0.511 e. The summed E-state index contributed by atoms with van der Waals surface area (Å²) in [5.41, 5.74) is 0.675. The van der Waals surface area contributed by atoms with Crippen LogP contribution in [0.1, 0.15) is 24.8 Å². The van der Waals surface area contributed by atoms with Gasteiger partial charge in [0.1, 0.15) is 17.9 Å². The fourth-order valence-electron chi connectivity index (χ4n) is 3.46. The molecule has 1 saturated carbocycles. The summed E-state index contributed by atoms with van der Waals surface area (Å²) in [5.74, 6) is -2.69. The lowest BCUT2D eigenvalue weighted by atomic mass is 9.81. The fraction of sp³-hybridized carbons (Fsp3) is 0.450. The molecule has 1 aliphatic carbocycles. The van der Waals surface area contributed by atoms with E-state index in [-0.39, 0.29) is 29.8 Å². The Hall–Kier alpha value is -2.58. The Balaban J connectivity index is 1.45. The maximum atomic E-state index is 12.6. The Morgan fingerprint density at radius 3 is 2.59 bits per heavy atom. The third-order valence-corrected chi connectivity index (χ3v) is 5.36. The number of hydrogen-bond acceptors (Lipinski definition) is 5. The van der Waals surface area contributed by atoms with Crippen LogP contribution >= 0.6 is 11.6 Å². The predicted molar refractivity (Wildman–Crippen MR) is 104 cm³/mol. The molecule has 8 nitrogen and oxygen atoms in total. The number of hydrogen-bond donors (Lipinski definition) is 3. The molecule has 1 aromatic rings. The molecule has 1 aromatic carbocycles. The van der Waals surface area contributed by atoms with Gasteiger partial charge in [0.2, 0.25) is 0 Å². The van der Waals surface area contributed by atoms with Crippen LogP contribution in [0.5, 0.6) is 0 Å². The van der Waals surface area contributed by atoms with E-state index in [0.717, 1.165) is 18.4 Å². The maximum absolute atomic E-state index is 12.6. The first-order valence-electron chi connectivity index (χ1n) is 9.41. The fourth-order valence-corrected chi connectivity index (χ4v) is 3.59. The largest absolute Gasteiger partial charge is 0.511 e. The minimum atomic E-state index is -1.22. The van der Waals surface area contributed by atoms with Gasteiger partial charge in [-0.2, -0.15) is 0 Å². The normalized spacial score (nSPS) is 21.7. The molecule has 0 saturated heterocycles.